The molecule has 3 rings (SSSR count). The SMILES string of the molecule is CCNC(=NCC(C)N(C)C1CC1)NCC(c1ccccc1OC)N1CCCC1.I. The number of nitrogens with one attached hydrogen (secondary N) is 2. The molecule has 7 heteroatoms. The minimum Gasteiger partial charge on any atom is -0.496 e. The second-order valence-corrected chi connectivity index (χ2v) is 8.35. The summed E-state index contributed by atoms with van der Waals surface area (Å²) in [4.78, 5) is 9.92. The van der Waals surface area contributed by atoms with Gasteiger partial charge in [0.2, 0.25) is 0 Å². The van der Waals surface area contributed by atoms with E-state index in [0.29, 0.717) is 6.04 Å². The van der Waals surface area contributed by atoms with E-state index in [4.69, 9.17) is 9.73 Å². The summed E-state index contributed by atoms with van der Waals surface area (Å²) in [5, 5.41) is 7.03. The van der Waals surface area contributed by atoms with Crippen molar-refractivity contribution >= 4 is 29.9 Å². The van der Waals surface area contributed by atoms with Crippen LogP contribution in [0.2, 0.25) is 0 Å². The lowest BCUT2D eigenvalue weighted by atomic mass is 10.0. The molecule has 0 amide bonds. The summed E-state index contributed by atoms with van der Waals surface area (Å²) in [6.07, 6.45) is 5.20. The fraction of sp³-hybridized carbons (Fsp3) is 0.696. The Kier molecular flexibility index (Phi) is 10.7. The molecule has 2 aliphatic rings. The van der Waals surface area contributed by atoms with Gasteiger partial charge in [0.05, 0.1) is 19.7 Å². The van der Waals surface area contributed by atoms with Crippen LogP contribution in [0.3, 0.4) is 0 Å². The highest BCUT2D eigenvalue weighted by atomic mass is 127. The lowest BCUT2D eigenvalue weighted by molar-refractivity contribution is 0.239. The number of aliphatic imine (C=N–C) groups is 1. The van der Waals surface area contributed by atoms with Gasteiger partial charge in [-0.2, -0.15) is 0 Å². The Balaban J connectivity index is 0.00000320. The Morgan fingerprint density at radius 2 is 1.93 bits per heavy atom. The van der Waals surface area contributed by atoms with E-state index in [9.17, 15) is 0 Å². The number of benzene rings is 1. The van der Waals surface area contributed by atoms with Crippen molar-refractivity contribution in [3.05, 3.63) is 29.8 Å². The molecular weight excluding hydrogens is 489 g/mol. The number of nitrogens with zero attached hydrogens (tertiary/aromatic N) is 3. The molecule has 30 heavy (non-hydrogen) atoms. The van der Waals surface area contributed by atoms with Crippen molar-refractivity contribution in [1.29, 1.82) is 0 Å². The van der Waals surface area contributed by atoms with Crippen LogP contribution < -0.4 is 15.4 Å². The first kappa shape index (κ1) is 25.2. The first-order valence-corrected chi connectivity index (χ1v) is 11.2. The smallest absolute Gasteiger partial charge is 0.191 e. The van der Waals surface area contributed by atoms with Gasteiger partial charge in [0, 0.05) is 30.7 Å². The van der Waals surface area contributed by atoms with Crippen molar-refractivity contribution < 1.29 is 4.74 Å². The summed E-state index contributed by atoms with van der Waals surface area (Å²) in [7, 11) is 3.99. The van der Waals surface area contributed by atoms with Gasteiger partial charge in [-0.3, -0.25) is 14.8 Å². The fourth-order valence-electron chi connectivity index (χ4n) is 4.16. The molecule has 0 spiro atoms. The predicted molar refractivity (Wildman–Crippen MR) is 136 cm³/mol. The fourth-order valence-corrected chi connectivity index (χ4v) is 4.16. The molecule has 1 aromatic rings. The molecular formula is C23H40IN5O. The minimum absolute atomic E-state index is 0. The van der Waals surface area contributed by atoms with Crippen LogP contribution in [0.25, 0.3) is 0 Å². The van der Waals surface area contributed by atoms with Crippen molar-refractivity contribution in [1.82, 2.24) is 20.4 Å². The molecule has 6 nitrogen and oxygen atoms in total. The van der Waals surface area contributed by atoms with E-state index in [-0.39, 0.29) is 30.0 Å². The standard InChI is InChI=1S/C23H39N5O.HI/c1-5-24-23(25-16-18(2)27(3)19-12-13-19)26-17-21(28-14-8-9-15-28)20-10-6-7-11-22(20)29-4;/h6-7,10-11,18-19,21H,5,8-9,12-17H2,1-4H3,(H2,24,25,26);1H. The maximum atomic E-state index is 5.67. The lowest BCUT2D eigenvalue weighted by Crippen LogP contribution is -2.43. The van der Waals surface area contributed by atoms with Gasteiger partial charge in [0.1, 0.15) is 5.75 Å². The molecule has 1 saturated carbocycles. The zero-order valence-electron chi connectivity index (χ0n) is 19.1. The van der Waals surface area contributed by atoms with E-state index >= 15 is 0 Å². The van der Waals surface area contributed by atoms with Crippen LogP contribution in [0.4, 0.5) is 0 Å². The van der Waals surface area contributed by atoms with Gasteiger partial charge in [0.15, 0.2) is 5.96 Å². The van der Waals surface area contributed by atoms with Crippen LogP contribution in [0.15, 0.2) is 29.3 Å². The van der Waals surface area contributed by atoms with Crippen LogP contribution in [-0.4, -0.2) is 74.7 Å². The number of hydrogen-bond acceptors (Lipinski definition) is 4. The van der Waals surface area contributed by atoms with Crippen LogP contribution in [0.1, 0.15) is 51.1 Å². The first-order chi connectivity index (χ1) is 14.1. The van der Waals surface area contributed by atoms with Crippen molar-refractivity contribution in [3.8, 4) is 5.75 Å². The molecule has 2 unspecified atom stereocenters. The molecule has 0 radical (unpaired) electrons. The highest BCUT2D eigenvalue weighted by Gasteiger charge is 2.29. The maximum absolute atomic E-state index is 5.67. The van der Waals surface area contributed by atoms with E-state index in [1.165, 1.54) is 31.2 Å². The van der Waals surface area contributed by atoms with Gasteiger partial charge >= 0.3 is 0 Å². The third kappa shape index (κ3) is 6.99. The highest BCUT2D eigenvalue weighted by molar-refractivity contribution is 14.0. The number of ether oxygens (including phenoxy) is 1. The van der Waals surface area contributed by atoms with Gasteiger partial charge in [-0.25, -0.2) is 0 Å². The maximum Gasteiger partial charge on any atom is 0.191 e. The van der Waals surface area contributed by atoms with Crippen molar-refractivity contribution in [2.45, 2.75) is 57.7 Å². The van der Waals surface area contributed by atoms with Crippen LogP contribution in [0, 0.1) is 0 Å². The Labute approximate surface area is 199 Å². The molecule has 1 heterocycles. The molecule has 2 atom stereocenters. The molecule has 1 aliphatic carbocycles. The van der Waals surface area contributed by atoms with E-state index < -0.39 is 0 Å². The topological polar surface area (TPSA) is 52.1 Å². The van der Waals surface area contributed by atoms with Crippen LogP contribution in [0.5, 0.6) is 5.75 Å². The monoisotopic (exact) mass is 529 g/mol. The molecule has 1 aliphatic heterocycles. The quantitative estimate of drug-likeness (QED) is 0.276. The highest BCUT2D eigenvalue weighted by Crippen LogP contribution is 2.31. The van der Waals surface area contributed by atoms with Crippen LogP contribution in [-0.2, 0) is 0 Å². The average Bonchev–Trinajstić information content (AvgIpc) is 3.46. The second kappa shape index (κ2) is 12.7. The van der Waals surface area contributed by atoms with E-state index in [2.05, 4.69) is 59.5 Å². The first-order valence-electron chi connectivity index (χ1n) is 11.2. The van der Waals surface area contributed by atoms with Crippen molar-refractivity contribution in [3.63, 3.8) is 0 Å². The molecule has 1 aromatic carbocycles. The third-order valence-electron chi connectivity index (χ3n) is 6.22. The van der Waals surface area contributed by atoms with E-state index in [0.717, 1.165) is 50.5 Å². The van der Waals surface area contributed by atoms with Gasteiger partial charge in [0.25, 0.3) is 0 Å². The lowest BCUT2D eigenvalue weighted by Gasteiger charge is -2.30. The minimum atomic E-state index is 0. The van der Waals surface area contributed by atoms with E-state index in [1.807, 2.05) is 6.07 Å². The number of methoxy groups -OCH3 is 1. The Bertz CT molecular complexity index is 661. The molecule has 0 aromatic heterocycles. The number of guanidine groups is 1. The zero-order valence-corrected chi connectivity index (χ0v) is 21.4. The average molecular weight is 530 g/mol. The number of para-hydroxylation sites is 1. The molecule has 2 N–H and O–H groups in total. The Morgan fingerprint density at radius 1 is 1.23 bits per heavy atom. The van der Waals surface area contributed by atoms with Gasteiger partial charge in [-0.05, 0) is 65.7 Å². The number of hydrogen-bond donors (Lipinski definition) is 2. The molecule has 170 valence electrons. The largest absolute Gasteiger partial charge is 0.496 e. The number of halogens is 1. The zero-order chi connectivity index (χ0) is 20.6. The molecule has 1 saturated heterocycles. The van der Waals surface area contributed by atoms with Crippen LogP contribution >= 0.6 is 24.0 Å². The predicted octanol–water partition coefficient (Wildman–Crippen LogP) is 3.49. The second-order valence-electron chi connectivity index (χ2n) is 8.35. The Hall–Kier alpha value is -1.06. The summed E-state index contributed by atoms with van der Waals surface area (Å²) in [5.74, 6) is 1.87. The van der Waals surface area contributed by atoms with Crippen molar-refractivity contribution in [2.24, 2.45) is 4.99 Å². The Morgan fingerprint density at radius 3 is 2.57 bits per heavy atom. The van der Waals surface area contributed by atoms with Crippen molar-refractivity contribution in [2.75, 3.05) is 46.9 Å². The summed E-state index contributed by atoms with van der Waals surface area (Å²) in [6, 6.07) is 9.91. The van der Waals surface area contributed by atoms with Gasteiger partial charge < -0.3 is 15.4 Å². The summed E-state index contributed by atoms with van der Waals surface area (Å²) in [5.41, 5.74) is 1.25. The van der Waals surface area contributed by atoms with Gasteiger partial charge in [-0.15, -0.1) is 24.0 Å². The van der Waals surface area contributed by atoms with E-state index in [1.54, 1.807) is 7.11 Å². The van der Waals surface area contributed by atoms with Gasteiger partial charge in [-0.1, -0.05) is 18.2 Å². The molecule has 0 bridgehead atoms. The number of likely N-dealkylation sites (N-methyl/N-ethyl adjacent to an activating group) is 1. The molecule has 2 fully saturated rings. The summed E-state index contributed by atoms with van der Waals surface area (Å²) in [6.45, 7) is 9.16. The number of likely N-dealkylation sites (tertiary alicyclic amines) is 1. The normalized spacial score (nSPS) is 19.3. The number of rotatable bonds is 10. The summed E-state index contributed by atoms with van der Waals surface area (Å²) >= 11 is 0. The third-order valence-corrected chi connectivity index (χ3v) is 6.22. The summed E-state index contributed by atoms with van der Waals surface area (Å²) < 4.78 is 5.67.